The minimum atomic E-state index is 0. The maximum Gasteiger partial charge on any atom is 0.0455 e. The van der Waals surface area contributed by atoms with Gasteiger partial charge in [0.15, 0.2) is 0 Å². The van der Waals surface area contributed by atoms with Crippen LogP contribution in [0.25, 0.3) is 10.9 Å². The van der Waals surface area contributed by atoms with Crippen LogP contribution < -0.4 is 0 Å². The Morgan fingerprint density at radius 3 is 2.69 bits per heavy atom. The van der Waals surface area contributed by atoms with Gasteiger partial charge in [-0.3, -0.25) is 0 Å². The van der Waals surface area contributed by atoms with E-state index in [-0.39, 0.29) is 21.1 Å². The van der Waals surface area contributed by atoms with Crippen molar-refractivity contribution in [2.45, 2.75) is 12.8 Å². The Labute approximate surface area is 92.8 Å². The molecule has 1 nitrogen and oxygen atoms in total. The summed E-state index contributed by atoms with van der Waals surface area (Å²) < 4.78 is 0. The topological polar surface area (TPSA) is 15.8 Å². The van der Waals surface area contributed by atoms with E-state index in [2.05, 4.69) is 37.0 Å². The summed E-state index contributed by atoms with van der Waals surface area (Å²) in [4.78, 5) is 3.23. The summed E-state index contributed by atoms with van der Waals surface area (Å²) in [7, 11) is 0. The normalized spacial score (nSPS) is 12.5. The van der Waals surface area contributed by atoms with Crippen molar-refractivity contribution in [2.24, 2.45) is 0 Å². The molecule has 0 aliphatic rings. The Bertz CT molecular complexity index is 390. The average Bonchev–Trinajstić information content (AvgIpc) is 2.47. The van der Waals surface area contributed by atoms with Gasteiger partial charge in [0.25, 0.3) is 0 Å². The predicted octanol–water partition coefficient (Wildman–Crippen LogP) is 3.10. The van der Waals surface area contributed by atoms with Gasteiger partial charge in [0.2, 0.25) is 0 Å². The van der Waals surface area contributed by atoms with Crippen LogP contribution in [0.3, 0.4) is 0 Å². The Morgan fingerprint density at radius 1 is 1.31 bits per heavy atom. The van der Waals surface area contributed by atoms with Gasteiger partial charge < -0.3 is 11.9 Å². The number of rotatable bonds is 1. The summed E-state index contributed by atoms with van der Waals surface area (Å²) in [5.41, 5.74) is 2.49. The smallest absolute Gasteiger partial charge is 0.0455 e. The molecule has 0 fully saturated rings. The predicted molar refractivity (Wildman–Crippen MR) is 52.1 cm³/mol. The van der Waals surface area contributed by atoms with Crippen LogP contribution in [0.4, 0.5) is 0 Å². The first-order valence-electron chi connectivity index (χ1n) is 4.18. The van der Waals surface area contributed by atoms with Crippen molar-refractivity contribution in [2.75, 3.05) is 0 Å². The summed E-state index contributed by atoms with van der Waals surface area (Å²) in [5.74, 6) is 0.348. The summed E-state index contributed by atoms with van der Waals surface area (Å²) in [6, 6.07) is 8.31. The molecule has 13 heavy (non-hydrogen) atoms. The van der Waals surface area contributed by atoms with Crippen LogP contribution in [-0.2, 0) is 21.1 Å². The number of aromatic nitrogens is 1. The fraction of sp³-hybridized carbons (Fsp3) is 0.182. The Balaban J connectivity index is 0.000000845. The van der Waals surface area contributed by atoms with Crippen molar-refractivity contribution in [3.8, 4) is 0 Å². The minimum absolute atomic E-state index is 0. The molecule has 0 aliphatic carbocycles. The zero-order valence-corrected chi connectivity index (χ0v) is 10.5. The summed E-state index contributed by atoms with van der Waals surface area (Å²) in [5, 5.41) is 1.29. The number of fused-ring (bicyclic) bond motifs is 1. The fourth-order valence-corrected chi connectivity index (χ4v) is 1.50. The van der Waals surface area contributed by atoms with Gasteiger partial charge in [-0.1, -0.05) is 25.1 Å². The molecule has 1 atom stereocenters. The molecule has 1 unspecified atom stereocenters. The molecule has 1 aromatic heterocycles. The van der Waals surface area contributed by atoms with E-state index in [1.54, 1.807) is 0 Å². The second kappa shape index (κ2) is 4.11. The zero-order chi connectivity index (χ0) is 8.55. The molecule has 0 aliphatic heterocycles. The minimum Gasteiger partial charge on any atom is -0.361 e. The molecule has 0 saturated heterocycles. The SMILES string of the molecule is [CH2-]C(C)c1c[nH]c2ccccc12.[W]. The second-order valence-corrected chi connectivity index (χ2v) is 3.19. The number of hydrogen-bond donors (Lipinski definition) is 1. The first-order chi connectivity index (χ1) is 5.79. The summed E-state index contributed by atoms with van der Waals surface area (Å²) in [6.07, 6.45) is 2.04. The molecule has 2 heteroatoms. The number of H-pyrrole nitrogens is 1. The molecular weight excluding hydrogens is 330 g/mol. The number of nitrogens with one attached hydrogen (secondary N) is 1. The van der Waals surface area contributed by atoms with Crippen molar-refractivity contribution >= 4 is 10.9 Å². The molecule has 0 saturated carbocycles. The van der Waals surface area contributed by atoms with Crippen molar-refractivity contribution in [1.82, 2.24) is 4.98 Å². The van der Waals surface area contributed by atoms with Gasteiger partial charge in [0.05, 0.1) is 0 Å². The quantitative estimate of drug-likeness (QED) is 0.767. The maximum absolute atomic E-state index is 4.01. The van der Waals surface area contributed by atoms with E-state index in [0.717, 1.165) is 0 Å². The molecule has 0 amide bonds. The molecule has 2 rings (SSSR count). The van der Waals surface area contributed by atoms with Crippen LogP contribution in [-0.4, -0.2) is 4.98 Å². The Morgan fingerprint density at radius 2 is 2.00 bits per heavy atom. The molecular formula is C11H12NW-. The van der Waals surface area contributed by atoms with Crippen molar-refractivity contribution < 1.29 is 21.1 Å². The van der Waals surface area contributed by atoms with Crippen LogP contribution in [0.15, 0.2) is 30.5 Å². The largest absolute Gasteiger partial charge is 0.361 e. The number of para-hydroxylation sites is 1. The van der Waals surface area contributed by atoms with Crippen LogP contribution in [0, 0.1) is 6.92 Å². The van der Waals surface area contributed by atoms with Crippen LogP contribution in [0.2, 0.25) is 0 Å². The van der Waals surface area contributed by atoms with E-state index >= 15 is 0 Å². The molecule has 0 spiro atoms. The number of benzene rings is 1. The van der Waals surface area contributed by atoms with E-state index < -0.39 is 0 Å². The molecule has 0 radical (unpaired) electrons. The van der Waals surface area contributed by atoms with Gasteiger partial charge in [-0.25, -0.2) is 0 Å². The van der Waals surface area contributed by atoms with Gasteiger partial charge in [-0.15, -0.1) is 5.92 Å². The van der Waals surface area contributed by atoms with Gasteiger partial charge in [0.1, 0.15) is 0 Å². The maximum atomic E-state index is 4.01. The van der Waals surface area contributed by atoms with Crippen LogP contribution in [0.5, 0.6) is 0 Å². The number of hydrogen-bond acceptors (Lipinski definition) is 0. The van der Waals surface area contributed by atoms with Crippen LogP contribution in [0.1, 0.15) is 18.4 Å². The summed E-state index contributed by atoms with van der Waals surface area (Å²) >= 11 is 0. The van der Waals surface area contributed by atoms with Gasteiger partial charge in [-0.05, 0) is 11.6 Å². The summed E-state index contributed by atoms with van der Waals surface area (Å²) in [6.45, 7) is 6.12. The van der Waals surface area contributed by atoms with E-state index in [0.29, 0.717) is 5.92 Å². The van der Waals surface area contributed by atoms with Gasteiger partial charge in [-0.2, -0.15) is 0 Å². The molecule has 1 aromatic carbocycles. The van der Waals surface area contributed by atoms with E-state index in [9.17, 15) is 0 Å². The zero-order valence-electron chi connectivity index (χ0n) is 7.58. The van der Waals surface area contributed by atoms with Crippen LogP contribution >= 0.6 is 0 Å². The molecule has 0 bridgehead atoms. The Hall–Kier alpha value is -0.552. The third kappa shape index (κ3) is 1.86. The van der Waals surface area contributed by atoms with E-state index in [1.807, 2.05) is 12.3 Å². The van der Waals surface area contributed by atoms with Crippen molar-refractivity contribution in [3.63, 3.8) is 0 Å². The number of aromatic amines is 1. The third-order valence-electron chi connectivity index (χ3n) is 2.15. The van der Waals surface area contributed by atoms with Gasteiger partial charge in [0, 0.05) is 38.2 Å². The first-order valence-corrected chi connectivity index (χ1v) is 4.18. The third-order valence-corrected chi connectivity index (χ3v) is 2.15. The molecule has 68 valence electrons. The second-order valence-electron chi connectivity index (χ2n) is 3.19. The average molecular weight is 342 g/mol. The molecule has 1 heterocycles. The van der Waals surface area contributed by atoms with E-state index in [4.69, 9.17) is 0 Å². The molecule has 2 aromatic rings. The Kier molecular flexibility index (Phi) is 3.32. The monoisotopic (exact) mass is 342 g/mol. The van der Waals surface area contributed by atoms with E-state index in [1.165, 1.54) is 16.5 Å². The van der Waals surface area contributed by atoms with Gasteiger partial charge >= 0.3 is 0 Å². The molecule has 1 N–H and O–H groups in total. The fourth-order valence-electron chi connectivity index (χ4n) is 1.50. The first kappa shape index (κ1) is 10.5. The van der Waals surface area contributed by atoms with Crippen molar-refractivity contribution in [1.29, 1.82) is 0 Å². The standard InChI is InChI=1S/C11H12N.W/c1-8(2)10-7-12-11-6-4-3-5-9(10)11;/h3-8,12H,1H2,2H3;/q-1;. The van der Waals surface area contributed by atoms with Crippen molar-refractivity contribution in [3.05, 3.63) is 42.9 Å².